The fraction of sp³-hybridized carbons (Fsp3) is 0.286. The van der Waals surface area contributed by atoms with Crippen LogP contribution in [0.3, 0.4) is 0 Å². The molecule has 1 aliphatic rings. The Hall–Kier alpha value is -2.08. The molecule has 0 bridgehead atoms. The third-order valence-electron chi connectivity index (χ3n) is 2.97. The van der Waals surface area contributed by atoms with E-state index in [2.05, 4.69) is 0 Å². The smallest absolute Gasteiger partial charge is 0.296 e. The molecular weight excluding hydrogens is 276 g/mol. The average molecular weight is 292 g/mol. The number of anilines is 1. The Morgan fingerprint density at radius 2 is 2.10 bits per heavy atom. The molecule has 0 aliphatic carbocycles. The quantitative estimate of drug-likeness (QED) is 0.628. The molecule has 1 aromatic carbocycles. The monoisotopic (exact) mass is 292 g/mol. The molecule has 0 aromatic heterocycles. The van der Waals surface area contributed by atoms with Gasteiger partial charge < -0.3 is 14.4 Å². The minimum absolute atomic E-state index is 0.165. The highest BCUT2D eigenvalue weighted by Gasteiger charge is 2.30. The second kappa shape index (κ2) is 5.50. The summed E-state index contributed by atoms with van der Waals surface area (Å²) in [6, 6.07) is 5.66. The van der Waals surface area contributed by atoms with Crippen molar-refractivity contribution in [3.05, 3.63) is 29.5 Å². The maximum absolute atomic E-state index is 11.9. The highest BCUT2D eigenvalue weighted by Crippen LogP contribution is 2.29. The predicted molar refractivity (Wildman–Crippen MR) is 81.8 cm³/mol. The molecule has 0 spiro atoms. The lowest BCUT2D eigenvalue weighted by molar-refractivity contribution is -0.122. The van der Waals surface area contributed by atoms with Crippen LogP contribution in [0.1, 0.15) is 5.56 Å². The van der Waals surface area contributed by atoms with Gasteiger partial charge in [-0.1, -0.05) is 6.07 Å². The summed E-state index contributed by atoms with van der Waals surface area (Å²) in [6.07, 6.45) is 1.65. The van der Waals surface area contributed by atoms with Gasteiger partial charge >= 0.3 is 0 Å². The lowest BCUT2D eigenvalue weighted by Gasteiger charge is -2.16. The summed E-state index contributed by atoms with van der Waals surface area (Å²) in [4.78, 5) is 15.1. The van der Waals surface area contributed by atoms with E-state index in [1.54, 1.807) is 20.2 Å². The molecule has 1 fully saturated rings. The number of benzene rings is 1. The molecule has 0 atom stereocenters. The largest absolute Gasteiger partial charge is 0.495 e. The first kappa shape index (κ1) is 14.3. The van der Waals surface area contributed by atoms with E-state index < -0.39 is 0 Å². The van der Waals surface area contributed by atoms with Crippen LogP contribution < -0.4 is 9.64 Å². The fourth-order valence-electron chi connectivity index (χ4n) is 1.85. The van der Waals surface area contributed by atoms with Gasteiger partial charge in [-0.2, -0.15) is 0 Å². The number of rotatable bonds is 3. The Kier molecular flexibility index (Phi) is 3.94. The van der Waals surface area contributed by atoms with E-state index in [0.717, 1.165) is 17.0 Å². The summed E-state index contributed by atoms with van der Waals surface area (Å²) in [5.41, 5.74) is 1.77. The molecule has 1 amide bonds. The summed E-state index contributed by atoms with van der Waals surface area (Å²) >= 11 is 4.93. The summed E-state index contributed by atoms with van der Waals surface area (Å²) in [7, 11) is 7.07. The Balaban J connectivity index is 2.36. The number of ether oxygens (including phenoxy) is 2. The van der Waals surface area contributed by atoms with E-state index in [1.807, 2.05) is 37.2 Å². The van der Waals surface area contributed by atoms with Gasteiger partial charge in [-0.15, -0.1) is 0 Å². The molecule has 6 heteroatoms. The number of methoxy groups -OCH3 is 1. The maximum Gasteiger partial charge on any atom is 0.296 e. The lowest BCUT2D eigenvalue weighted by atomic mass is 10.1. The van der Waals surface area contributed by atoms with Crippen molar-refractivity contribution in [2.45, 2.75) is 0 Å². The molecule has 106 valence electrons. The van der Waals surface area contributed by atoms with Gasteiger partial charge in [0.1, 0.15) is 5.75 Å². The molecule has 20 heavy (non-hydrogen) atoms. The number of hydrogen-bond donors (Lipinski definition) is 0. The van der Waals surface area contributed by atoms with Crippen LogP contribution in [0.4, 0.5) is 5.69 Å². The molecule has 0 N–H and O–H groups in total. The standard InChI is InChI=1S/C14H16N2O3S/c1-15(2)10-6-5-9(7-11(10)18-4)8-12-13(17)16(3)14(20)19-12/h5-8H,1-4H3. The first-order valence-corrected chi connectivity index (χ1v) is 6.41. The van der Waals surface area contributed by atoms with Crippen LogP contribution >= 0.6 is 12.2 Å². The van der Waals surface area contributed by atoms with Crippen molar-refractivity contribution in [3.8, 4) is 5.75 Å². The number of hydrogen-bond acceptors (Lipinski definition) is 5. The predicted octanol–water partition coefficient (Wildman–Crippen LogP) is 1.88. The van der Waals surface area contributed by atoms with Gasteiger partial charge in [-0.05, 0) is 36.0 Å². The van der Waals surface area contributed by atoms with Crippen LogP contribution in [-0.4, -0.2) is 44.2 Å². The summed E-state index contributed by atoms with van der Waals surface area (Å²) in [5.74, 6) is 0.702. The lowest BCUT2D eigenvalue weighted by Crippen LogP contribution is -2.22. The molecule has 5 nitrogen and oxygen atoms in total. The van der Waals surface area contributed by atoms with Crippen LogP contribution in [0, 0.1) is 0 Å². The highest BCUT2D eigenvalue weighted by atomic mass is 32.1. The number of carbonyl (C=O) groups excluding carboxylic acids is 1. The van der Waals surface area contributed by atoms with Crippen molar-refractivity contribution in [1.29, 1.82) is 0 Å². The van der Waals surface area contributed by atoms with Crippen LogP contribution in [0.2, 0.25) is 0 Å². The fourth-order valence-corrected chi connectivity index (χ4v) is 2.02. The van der Waals surface area contributed by atoms with Gasteiger partial charge in [0.2, 0.25) is 0 Å². The molecule has 1 aliphatic heterocycles. The zero-order valence-electron chi connectivity index (χ0n) is 11.8. The molecule has 2 rings (SSSR count). The van der Waals surface area contributed by atoms with Gasteiger partial charge in [0.05, 0.1) is 12.8 Å². The van der Waals surface area contributed by atoms with E-state index in [4.69, 9.17) is 21.7 Å². The summed E-state index contributed by atoms with van der Waals surface area (Å²) in [6.45, 7) is 0. The second-order valence-corrected chi connectivity index (χ2v) is 4.92. The Bertz CT molecular complexity index is 596. The van der Waals surface area contributed by atoms with E-state index in [9.17, 15) is 4.79 Å². The van der Waals surface area contributed by atoms with Gasteiger partial charge in [0.15, 0.2) is 5.76 Å². The molecule has 1 saturated heterocycles. The van der Waals surface area contributed by atoms with E-state index in [0.29, 0.717) is 0 Å². The number of carbonyl (C=O) groups is 1. The van der Waals surface area contributed by atoms with Gasteiger partial charge in [-0.25, -0.2) is 0 Å². The van der Waals surface area contributed by atoms with Crippen molar-refractivity contribution in [2.75, 3.05) is 33.2 Å². The SMILES string of the molecule is COc1cc(C=C2OC(=S)N(C)C2=O)ccc1N(C)C. The van der Waals surface area contributed by atoms with Gasteiger partial charge in [-0.3, -0.25) is 9.69 Å². The van der Waals surface area contributed by atoms with Crippen molar-refractivity contribution >= 4 is 35.1 Å². The van der Waals surface area contributed by atoms with Crippen molar-refractivity contribution < 1.29 is 14.3 Å². The number of amides is 1. The van der Waals surface area contributed by atoms with Crippen molar-refractivity contribution in [2.24, 2.45) is 0 Å². The highest BCUT2D eigenvalue weighted by molar-refractivity contribution is 7.80. The third kappa shape index (κ3) is 2.60. The normalized spacial score (nSPS) is 16.6. The minimum atomic E-state index is -0.245. The molecule has 0 radical (unpaired) electrons. The van der Waals surface area contributed by atoms with E-state index in [1.165, 1.54) is 4.90 Å². The van der Waals surface area contributed by atoms with Crippen molar-refractivity contribution in [1.82, 2.24) is 4.90 Å². The molecule has 0 saturated carbocycles. The van der Waals surface area contributed by atoms with Crippen LogP contribution in [-0.2, 0) is 9.53 Å². The zero-order valence-corrected chi connectivity index (χ0v) is 12.7. The average Bonchev–Trinajstić information content (AvgIpc) is 2.66. The molecule has 0 unspecified atom stereocenters. The first-order chi connectivity index (χ1) is 9.43. The van der Waals surface area contributed by atoms with Crippen molar-refractivity contribution in [3.63, 3.8) is 0 Å². The Morgan fingerprint density at radius 3 is 2.60 bits per heavy atom. The summed E-state index contributed by atoms with van der Waals surface area (Å²) in [5, 5.41) is 0.165. The molecule has 1 heterocycles. The molecular formula is C14H16N2O3S. The van der Waals surface area contributed by atoms with E-state index in [-0.39, 0.29) is 16.8 Å². The van der Waals surface area contributed by atoms with Crippen LogP contribution in [0.5, 0.6) is 5.75 Å². The third-order valence-corrected chi connectivity index (χ3v) is 3.33. The second-order valence-electron chi connectivity index (χ2n) is 4.57. The zero-order chi connectivity index (χ0) is 14.9. The van der Waals surface area contributed by atoms with Crippen LogP contribution in [0.15, 0.2) is 24.0 Å². The number of thiocarbonyl (C=S) groups is 1. The van der Waals surface area contributed by atoms with Gasteiger partial charge in [0, 0.05) is 21.1 Å². The topological polar surface area (TPSA) is 42.0 Å². The maximum atomic E-state index is 11.9. The number of nitrogens with zero attached hydrogens (tertiary/aromatic N) is 2. The Labute approximate surface area is 123 Å². The molecule has 1 aromatic rings. The van der Waals surface area contributed by atoms with Gasteiger partial charge in [0.25, 0.3) is 11.1 Å². The first-order valence-electron chi connectivity index (χ1n) is 6.01. The number of likely N-dealkylation sites (N-methyl/N-ethyl adjacent to an activating group) is 1. The van der Waals surface area contributed by atoms with E-state index >= 15 is 0 Å². The van der Waals surface area contributed by atoms with Crippen LogP contribution in [0.25, 0.3) is 6.08 Å². The Morgan fingerprint density at radius 1 is 1.40 bits per heavy atom. The summed E-state index contributed by atoms with van der Waals surface area (Å²) < 4.78 is 10.6. The minimum Gasteiger partial charge on any atom is -0.495 e.